The minimum atomic E-state index is -3.91. The van der Waals surface area contributed by atoms with Crippen molar-refractivity contribution in [1.29, 1.82) is 0 Å². The molecule has 0 amide bonds. The van der Waals surface area contributed by atoms with Gasteiger partial charge in [-0.3, -0.25) is 4.79 Å². The van der Waals surface area contributed by atoms with Gasteiger partial charge in [0, 0.05) is 6.04 Å². The van der Waals surface area contributed by atoms with Gasteiger partial charge in [-0.05, 0) is 19.8 Å². The van der Waals surface area contributed by atoms with Crippen molar-refractivity contribution in [1.82, 2.24) is 0 Å². The third-order valence-electron chi connectivity index (χ3n) is 1.48. The van der Waals surface area contributed by atoms with Crippen molar-refractivity contribution < 1.29 is 23.9 Å². The second-order valence-electron chi connectivity index (χ2n) is 3.01. The van der Waals surface area contributed by atoms with E-state index in [4.69, 9.17) is 19.1 Å². The summed E-state index contributed by atoms with van der Waals surface area (Å²) in [6.07, 6.45) is 0.946. The van der Waals surface area contributed by atoms with E-state index in [1.165, 1.54) is 0 Å². The molecule has 0 aromatic carbocycles. The fourth-order valence-corrected chi connectivity index (χ4v) is 1.61. The molecular formula is C7H15BrO5Si. The molecule has 0 saturated carbocycles. The Kier molecular flexibility index (Phi) is 6.54. The molecule has 0 radical (unpaired) electrons. The van der Waals surface area contributed by atoms with Crippen molar-refractivity contribution >= 4 is 30.7 Å². The molecule has 0 aliphatic heterocycles. The van der Waals surface area contributed by atoms with Gasteiger partial charge < -0.3 is 19.1 Å². The van der Waals surface area contributed by atoms with Crippen LogP contribution in [0.2, 0.25) is 6.04 Å². The van der Waals surface area contributed by atoms with E-state index in [0.717, 1.165) is 0 Å². The molecule has 0 aliphatic rings. The topological polar surface area (TPSA) is 87.0 Å². The second kappa shape index (κ2) is 6.52. The first-order chi connectivity index (χ1) is 6.33. The third kappa shape index (κ3) is 8.64. The lowest BCUT2D eigenvalue weighted by molar-refractivity contribution is -0.142. The summed E-state index contributed by atoms with van der Waals surface area (Å²) >= 11 is 3.05. The number of esters is 1. The maximum atomic E-state index is 10.9. The molecule has 0 aromatic heterocycles. The molecule has 7 heteroatoms. The molecule has 3 N–H and O–H groups in total. The van der Waals surface area contributed by atoms with Crippen molar-refractivity contribution in [3.05, 3.63) is 0 Å². The van der Waals surface area contributed by atoms with Crippen LogP contribution in [0.4, 0.5) is 0 Å². The molecule has 0 saturated heterocycles. The summed E-state index contributed by atoms with van der Waals surface area (Å²) in [6.45, 7) is 1.90. The van der Waals surface area contributed by atoms with Crippen molar-refractivity contribution in [2.45, 2.75) is 30.6 Å². The van der Waals surface area contributed by atoms with E-state index in [-0.39, 0.29) is 23.4 Å². The van der Waals surface area contributed by atoms with Crippen LogP contribution in [0.5, 0.6) is 0 Å². The lowest BCUT2D eigenvalue weighted by Gasteiger charge is -2.09. The Morgan fingerprint density at radius 1 is 1.43 bits per heavy atom. The van der Waals surface area contributed by atoms with Crippen molar-refractivity contribution in [2.75, 3.05) is 6.61 Å². The van der Waals surface area contributed by atoms with Crippen LogP contribution < -0.4 is 0 Å². The standard InChI is InChI=1S/C7H15BrO5Si/c1-6(8)7(9)13-4-2-3-5-14(10,11)12/h6,10-12H,2-5H2,1H3. The highest BCUT2D eigenvalue weighted by atomic mass is 79.9. The second-order valence-corrected chi connectivity index (χ2v) is 6.44. The van der Waals surface area contributed by atoms with Crippen molar-refractivity contribution in [3.63, 3.8) is 0 Å². The molecule has 0 aromatic rings. The number of hydrogen-bond donors (Lipinski definition) is 3. The van der Waals surface area contributed by atoms with Crippen molar-refractivity contribution in [3.8, 4) is 0 Å². The maximum absolute atomic E-state index is 10.9. The molecule has 5 nitrogen and oxygen atoms in total. The van der Waals surface area contributed by atoms with E-state index in [0.29, 0.717) is 12.8 Å². The molecule has 0 rings (SSSR count). The van der Waals surface area contributed by atoms with Gasteiger partial charge in [-0.15, -0.1) is 0 Å². The molecule has 14 heavy (non-hydrogen) atoms. The van der Waals surface area contributed by atoms with Crippen LogP contribution in [0.25, 0.3) is 0 Å². The molecule has 0 bridgehead atoms. The Hall–Kier alpha value is 0.0469. The Bertz CT molecular complexity index is 179. The zero-order valence-corrected chi connectivity index (χ0v) is 10.5. The highest BCUT2D eigenvalue weighted by Crippen LogP contribution is 2.06. The molecule has 84 valence electrons. The lowest BCUT2D eigenvalue weighted by atomic mass is 10.3. The summed E-state index contributed by atoms with van der Waals surface area (Å²) in [4.78, 5) is 36.5. The van der Waals surface area contributed by atoms with Gasteiger partial charge in [-0.1, -0.05) is 15.9 Å². The zero-order valence-electron chi connectivity index (χ0n) is 7.94. The Morgan fingerprint density at radius 2 is 2.00 bits per heavy atom. The van der Waals surface area contributed by atoms with E-state index in [9.17, 15) is 4.79 Å². The first-order valence-corrected chi connectivity index (χ1v) is 7.27. The number of hydrogen-bond acceptors (Lipinski definition) is 5. The van der Waals surface area contributed by atoms with Gasteiger partial charge in [0.2, 0.25) is 0 Å². The van der Waals surface area contributed by atoms with Crippen LogP contribution >= 0.6 is 15.9 Å². The minimum absolute atomic E-state index is 0.0194. The monoisotopic (exact) mass is 286 g/mol. The van der Waals surface area contributed by atoms with E-state index in [1.807, 2.05) is 0 Å². The van der Waals surface area contributed by atoms with Crippen molar-refractivity contribution in [2.24, 2.45) is 0 Å². The first-order valence-electron chi connectivity index (χ1n) is 4.31. The summed E-state index contributed by atoms with van der Waals surface area (Å²) in [5, 5.41) is 0. The summed E-state index contributed by atoms with van der Waals surface area (Å²) < 4.78 is 4.80. The molecule has 1 unspecified atom stereocenters. The largest absolute Gasteiger partial charge is 0.492 e. The van der Waals surface area contributed by atoms with E-state index < -0.39 is 8.80 Å². The van der Waals surface area contributed by atoms with Gasteiger partial charge in [-0.25, -0.2) is 0 Å². The fourth-order valence-electron chi connectivity index (χ4n) is 0.752. The third-order valence-corrected chi connectivity index (χ3v) is 2.87. The van der Waals surface area contributed by atoms with Gasteiger partial charge >= 0.3 is 14.8 Å². The predicted molar refractivity (Wildman–Crippen MR) is 55.8 cm³/mol. The normalized spacial score (nSPS) is 13.8. The van der Waals surface area contributed by atoms with Crippen LogP contribution in [-0.2, 0) is 9.53 Å². The molecule has 0 fully saturated rings. The van der Waals surface area contributed by atoms with Gasteiger partial charge in [0.15, 0.2) is 0 Å². The molecule has 0 aliphatic carbocycles. The Labute approximate surface area is 92.2 Å². The highest BCUT2D eigenvalue weighted by Gasteiger charge is 2.25. The van der Waals surface area contributed by atoms with Gasteiger partial charge in [0.1, 0.15) is 4.83 Å². The SMILES string of the molecule is CC(Br)C(=O)OCCCC[Si](O)(O)O. The summed E-state index contributed by atoms with van der Waals surface area (Å²) in [5.41, 5.74) is 0. The number of rotatable bonds is 6. The van der Waals surface area contributed by atoms with Crippen LogP contribution in [0.3, 0.4) is 0 Å². The quantitative estimate of drug-likeness (QED) is 0.277. The highest BCUT2D eigenvalue weighted by molar-refractivity contribution is 9.10. The number of halogens is 1. The number of carbonyl (C=O) groups excluding carboxylic acids is 1. The minimum Gasteiger partial charge on any atom is -0.465 e. The van der Waals surface area contributed by atoms with Gasteiger partial charge in [-0.2, -0.15) is 0 Å². The van der Waals surface area contributed by atoms with Gasteiger partial charge in [0.25, 0.3) is 0 Å². The smallest absolute Gasteiger partial charge is 0.465 e. The first kappa shape index (κ1) is 14.0. The van der Waals surface area contributed by atoms with Crippen LogP contribution in [0, 0.1) is 0 Å². The average Bonchev–Trinajstić information content (AvgIpc) is 2.01. The summed E-state index contributed by atoms with van der Waals surface area (Å²) in [5.74, 6) is -0.342. The summed E-state index contributed by atoms with van der Waals surface area (Å²) in [6, 6.07) is -0.0194. The number of alkyl halides is 1. The fraction of sp³-hybridized carbons (Fsp3) is 0.857. The Balaban J connectivity index is 3.35. The lowest BCUT2D eigenvalue weighted by Crippen LogP contribution is -2.34. The Morgan fingerprint density at radius 3 is 2.43 bits per heavy atom. The number of carbonyl (C=O) groups is 1. The summed E-state index contributed by atoms with van der Waals surface area (Å²) in [7, 11) is -3.91. The van der Waals surface area contributed by atoms with Crippen LogP contribution in [-0.4, -0.2) is 40.6 Å². The van der Waals surface area contributed by atoms with E-state index in [2.05, 4.69) is 15.9 Å². The molecule has 0 heterocycles. The predicted octanol–water partition coefficient (Wildman–Crippen LogP) is 0.00900. The molecular weight excluding hydrogens is 272 g/mol. The zero-order chi connectivity index (χ0) is 11.2. The average molecular weight is 287 g/mol. The van der Waals surface area contributed by atoms with E-state index in [1.54, 1.807) is 6.92 Å². The van der Waals surface area contributed by atoms with Gasteiger partial charge in [0.05, 0.1) is 6.61 Å². The van der Waals surface area contributed by atoms with Crippen LogP contribution in [0.1, 0.15) is 19.8 Å². The van der Waals surface area contributed by atoms with Crippen LogP contribution in [0.15, 0.2) is 0 Å². The molecule has 1 atom stereocenters. The maximum Gasteiger partial charge on any atom is 0.492 e. The number of ether oxygens (including phenoxy) is 1. The number of unbranched alkanes of at least 4 members (excludes halogenated alkanes) is 1. The van der Waals surface area contributed by atoms with E-state index >= 15 is 0 Å². The molecule has 0 spiro atoms.